The highest BCUT2D eigenvalue weighted by Crippen LogP contribution is 2.36. The van der Waals surface area contributed by atoms with Crippen molar-refractivity contribution in [3.05, 3.63) is 95.5 Å². The molecule has 0 atom stereocenters. The lowest BCUT2D eigenvalue weighted by Gasteiger charge is -2.09. The number of allylic oxidation sites excluding steroid dienone is 3. The Kier molecular flexibility index (Phi) is 7.43. The maximum absolute atomic E-state index is 4.68. The van der Waals surface area contributed by atoms with Gasteiger partial charge in [-0.25, -0.2) is 0 Å². The van der Waals surface area contributed by atoms with Crippen LogP contribution in [-0.2, 0) is 0 Å². The molecule has 6 nitrogen and oxygen atoms in total. The van der Waals surface area contributed by atoms with Crippen LogP contribution in [-0.4, -0.2) is 25.1 Å². The van der Waals surface area contributed by atoms with Crippen molar-refractivity contribution in [2.45, 2.75) is 33.6 Å². The van der Waals surface area contributed by atoms with Gasteiger partial charge in [0.2, 0.25) is 0 Å². The highest BCUT2D eigenvalue weighted by atomic mass is 32.1. The van der Waals surface area contributed by atoms with Crippen LogP contribution in [0, 0.1) is 0 Å². The minimum atomic E-state index is 0.818. The molecule has 196 valence electrons. The molecule has 0 unspecified atom stereocenters. The van der Waals surface area contributed by atoms with Crippen molar-refractivity contribution in [3.8, 4) is 21.8 Å². The Balaban J connectivity index is 1.55. The number of nitrogens with zero attached hydrogens (tertiary/aromatic N) is 3. The van der Waals surface area contributed by atoms with Crippen LogP contribution in [0.2, 0.25) is 0 Å². The first kappa shape index (κ1) is 26.1. The zero-order valence-electron chi connectivity index (χ0n) is 22.6. The zero-order valence-corrected chi connectivity index (χ0v) is 23.4. The number of aromatic nitrogens is 5. The number of hydrogen-bond donors (Lipinski definition) is 3. The van der Waals surface area contributed by atoms with Crippen molar-refractivity contribution in [2.75, 3.05) is 5.32 Å². The van der Waals surface area contributed by atoms with Crippen molar-refractivity contribution >= 4 is 51.2 Å². The molecule has 0 fully saturated rings. The lowest BCUT2D eigenvalue weighted by Crippen LogP contribution is -2.23. The van der Waals surface area contributed by atoms with Crippen LogP contribution < -0.4 is 15.9 Å². The van der Waals surface area contributed by atoms with E-state index in [0.717, 1.165) is 84.2 Å². The molecule has 0 aromatic carbocycles. The van der Waals surface area contributed by atoms with Gasteiger partial charge in [-0.15, -0.1) is 11.3 Å². The number of pyridine rings is 2. The highest BCUT2D eigenvalue weighted by Gasteiger charge is 2.14. The molecule has 0 aliphatic rings. The molecule has 0 aliphatic heterocycles. The molecule has 0 saturated heterocycles. The Morgan fingerprint density at radius 2 is 1.90 bits per heavy atom. The van der Waals surface area contributed by atoms with Crippen molar-refractivity contribution < 1.29 is 0 Å². The molecule has 0 amide bonds. The number of H-pyrrole nitrogens is 2. The average Bonchev–Trinajstić information content (AvgIpc) is 3.66. The standard InChI is InChI=1S/C32H32N6S/c1-7-9-21(6)35-23-13-22(15-33-16-23)20(5)12-25-27(8-2)37-38-32(25)28-14-24-26(17-34-18-29(24)36-28)31-11-10-30(39-31)19(3)4/h8,10-18,35-37H,3,5-7,9H2,1-2,4H3/b25-12+,27-8+. The Labute approximate surface area is 232 Å². The molecule has 5 aromatic rings. The van der Waals surface area contributed by atoms with Crippen molar-refractivity contribution in [1.82, 2.24) is 25.1 Å². The van der Waals surface area contributed by atoms with Crippen molar-refractivity contribution in [2.24, 2.45) is 0 Å². The topological polar surface area (TPSA) is 82.3 Å². The van der Waals surface area contributed by atoms with Crippen LogP contribution in [0.1, 0.15) is 44.1 Å². The molecule has 0 radical (unpaired) electrons. The average molecular weight is 533 g/mol. The van der Waals surface area contributed by atoms with Gasteiger partial charge in [-0.2, -0.15) is 5.10 Å². The quantitative estimate of drug-likeness (QED) is 0.189. The molecule has 0 spiro atoms. The van der Waals surface area contributed by atoms with E-state index >= 15 is 0 Å². The first-order valence-electron chi connectivity index (χ1n) is 12.9. The predicted octanol–water partition coefficient (Wildman–Crippen LogP) is 7.13. The SMILES string of the molecule is C=C(CCC)Nc1cncc(C(=C)/C=c2/c(-c3cc4c(-c5ccc(C(=C)C)s5)cncc4[nH]3)n[nH]/c2=C/C)c1. The summed E-state index contributed by atoms with van der Waals surface area (Å²) in [6, 6.07) is 8.44. The smallest absolute Gasteiger partial charge is 0.116 e. The Morgan fingerprint density at radius 1 is 1.08 bits per heavy atom. The Hall–Kier alpha value is -4.49. The van der Waals surface area contributed by atoms with Crippen LogP contribution in [0.3, 0.4) is 0 Å². The zero-order chi connectivity index (χ0) is 27.5. The fourth-order valence-electron chi connectivity index (χ4n) is 4.53. The van der Waals surface area contributed by atoms with E-state index in [-0.39, 0.29) is 0 Å². The number of nitrogens with one attached hydrogen (secondary N) is 3. The van der Waals surface area contributed by atoms with E-state index in [1.54, 1.807) is 17.5 Å². The van der Waals surface area contributed by atoms with Crippen LogP contribution in [0.25, 0.3) is 56.0 Å². The van der Waals surface area contributed by atoms with Gasteiger partial charge in [-0.1, -0.05) is 39.2 Å². The maximum Gasteiger partial charge on any atom is 0.116 e. The van der Waals surface area contributed by atoms with Gasteiger partial charge in [0.1, 0.15) is 5.69 Å². The minimum absolute atomic E-state index is 0.818. The molecule has 7 heteroatoms. The predicted molar refractivity (Wildman–Crippen MR) is 166 cm³/mol. The molecule has 39 heavy (non-hydrogen) atoms. The summed E-state index contributed by atoms with van der Waals surface area (Å²) < 4.78 is 0. The van der Waals surface area contributed by atoms with Crippen LogP contribution in [0.15, 0.2) is 74.5 Å². The summed E-state index contributed by atoms with van der Waals surface area (Å²) in [6.07, 6.45) is 13.4. The monoisotopic (exact) mass is 532 g/mol. The summed E-state index contributed by atoms with van der Waals surface area (Å²) in [5, 5.41) is 14.2. The van der Waals surface area contributed by atoms with E-state index in [9.17, 15) is 0 Å². The molecular formula is C32H32N6S. The molecule has 0 bridgehead atoms. The van der Waals surface area contributed by atoms with Gasteiger partial charge in [0.15, 0.2) is 0 Å². The molecule has 0 saturated carbocycles. The third-order valence-electron chi connectivity index (χ3n) is 6.52. The number of thiophene rings is 1. The van der Waals surface area contributed by atoms with E-state index in [1.807, 2.05) is 44.6 Å². The van der Waals surface area contributed by atoms with E-state index in [2.05, 4.69) is 81.4 Å². The third-order valence-corrected chi connectivity index (χ3v) is 7.80. The molecule has 5 aromatic heterocycles. The third kappa shape index (κ3) is 5.40. The van der Waals surface area contributed by atoms with Crippen LogP contribution in [0.4, 0.5) is 5.69 Å². The van der Waals surface area contributed by atoms with Crippen molar-refractivity contribution in [1.29, 1.82) is 0 Å². The first-order valence-corrected chi connectivity index (χ1v) is 13.7. The van der Waals surface area contributed by atoms with E-state index in [1.165, 1.54) is 4.88 Å². The second-order valence-corrected chi connectivity index (χ2v) is 10.7. The number of aromatic amines is 2. The second kappa shape index (κ2) is 11.1. The highest BCUT2D eigenvalue weighted by molar-refractivity contribution is 7.16. The summed E-state index contributed by atoms with van der Waals surface area (Å²) >= 11 is 1.72. The van der Waals surface area contributed by atoms with Gasteiger partial charge in [0.05, 0.1) is 34.6 Å². The number of fused-ring (bicyclic) bond motifs is 1. The summed E-state index contributed by atoms with van der Waals surface area (Å²) in [4.78, 5) is 14.8. The van der Waals surface area contributed by atoms with E-state index in [4.69, 9.17) is 0 Å². The Bertz CT molecular complexity index is 1830. The van der Waals surface area contributed by atoms with Gasteiger partial charge >= 0.3 is 0 Å². The number of rotatable bonds is 9. The minimum Gasteiger partial charge on any atom is -0.358 e. The van der Waals surface area contributed by atoms with E-state index < -0.39 is 0 Å². The molecule has 5 heterocycles. The molecule has 0 aliphatic carbocycles. The second-order valence-electron chi connectivity index (χ2n) is 9.57. The number of anilines is 1. The first-order chi connectivity index (χ1) is 18.9. The van der Waals surface area contributed by atoms with Gasteiger partial charge in [-0.3, -0.25) is 15.1 Å². The van der Waals surface area contributed by atoms with Crippen molar-refractivity contribution in [3.63, 3.8) is 0 Å². The Morgan fingerprint density at radius 3 is 2.64 bits per heavy atom. The summed E-state index contributed by atoms with van der Waals surface area (Å²) in [7, 11) is 0. The lowest BCUT2D eigenvalue weighted by atomic mass is 10.1. The summed E-state index contributed by atoms with van der Waals surface area (Å²) in [5.41, 5.74) is 8.45. The van der Waals surface area contributed by atoms with Crippen LogP contribution >= 0.6 is 11.3 Å². The molecule has 3 N–H and O–H groups in total. The maximum atomic E-state index is 4.68. The fourth-order valence-corrected chi connectivity index (χ4v) is 5.49. The molecule has 5 rings (SSSR count). The van der Waals surface area contributed by atoms with E-state index in [0.29, 0.717) is 0 Å². The normalized spacial score (nSPS) is 12.3. The molecular weight excluding hydrogens is 500 g/mol. The van der Waals surface area contributed by atoms with Gasteiger partial charge in [0.25, 0.3) is 0 Å². The summed E-state index contributed by atoms with van der Waals surface area (Å²) in [6.45, 7) is 18.7. The lowest BCUT2D eigenvalue weighted by molar-refractivity contribution is 0.913. The van der Waals surface area contributed by atoms with Gasteiger partial charge in [-0.05, 0) is 61.8 Å². The fraction of sp³-hybridized carbons (Fsp3) is 0.156. The van der Waals surface area contributed by atoms with Crippen LogP contribution in [0.5, 0.6) is 0 Å². The van der Waals surface area contributed by atoms with Gasteiger partial charge < -0.3 is 10.3 Å². The summed E-state index contributed by atoms with van der Waals surface area (Å²) in [5.74, 6) is 0. The number of hydrogen-bond acceptors (Lipinski definition) is 5. The largest absolute Gasteiger partial charge is 0.358 e. The van der Waals surface area contributed by atoms with Gasteiger partial charge in [0, 0.05) is 49.6 Å².